The Morgan fingerprint density at radius 2 is 1.07 bits per heavy atom. The number of carbonyl (C=O) groups excluding carboxylic acids is 3. The molecule has 6 aromatic rings. The molecule has 1 N–H and O–H groups in total. The van der Waals surface area contributed by atoms with Crippen LogP contribution >= 0.6 is 7.05 Å². The molecule has 0 aliphatic heterocycles. The normalized spacial score (nSPS) is 13.7. The quantitative estimate of drug-likeness (QED) is 0.0816. The molecular formula is C48H46N3O3P. The van der Waals surface area contributed by atoms with E-state index in [2.05, 4.69) is 41.7 Å². The first kappa shape index (κ1) is 37.5. The minimum atomic E-state index is -2.80. The number of benzene rings is 6. The van der Waals surface area contributed by atoms with E-state index in [1.54, 1.807) is 24.3 Å². The van der Waals surface area contributed by atoms with Gasteiger partial charge in [0.05, 0.1) is 18.4 Å². The summed E-state index contributed by atoms with van der Waals surface area (Å²) in [7, 11) is -2.80. The van der Waals surface area contributed by atoms with Crippen molar-refractivity contribution < 1.29 is 14.4 Å². The van der Waals surface area contributed by atoms with Gasteiger partial charge in [-0.05, 0) is 43.9 Å². The average molecular weight is 744 g/mol. The molecule has 6 aromatic carbocycles. The summed E-state index contributed by atoms with van der Waals surface area (Å²) in [5.74, 6) is -1.81. The number of ketones is 1. The Morgan fingerprint density at radius 3 is 1.60 bits per heavy atom. The van der Waals surface area contributed by atoms with Crippen molar-refractivity contribution in [1.82, 2.24) is 5.32 Å². The van der Waals surface area contributed by atoms with Gasteiger partial charge in [0.1, 0.15) is 6.04 Å². The van der Waals surface area contributed by atoms with Crippen molar-refractivity contribution in [2.45, 2.75) is 58.0 Å². The molecule has 0 radical (unpaired) electrons. The van der Waals surface area contributed by atoms with Gasteiger partial charge in [-0.3, -0.25) is 24.0 Å². The van der Waals surface area contributed by atoms with Gasteiger partial charge in [-0.2, -0.15) is 0 Å². The third-order valence-electron chi connectivity index (χ3n) is 10.5. The summed E-state index contributed by atoms with van der Waals surface area (Å²) in [6.07, 6.45) is 4.88. The van der Waals surface area contributed by atoms with Crippen LogP contribution in [0.2, 0.25) is 0 Å². The molecule has 6 nitrogen and oxygen atoms in total. The Bertz CT molecular complexity index is 2200. The molecule has 0 bridgehead atoms. The zero-order chi connectivity index (χ0) is 38.2. The van der Waals surface area contributed by atoms with Gasteiger partial charge in [0.2, 0.25) is 5.91 Å². The molecule has 55 heavy (non-hydrogen) atoms. The van der Waals surface area contributed by atoms with Crippen LogP contribution in [0.4, 0.5) is 11.4 Å². The van der Waals surface area contributed by atoms with Crippen molar-refractivity contribution in [2.75, 3.05) is 4.90 Å². The van der Waals surface area contributed by atoms with Crippen LogP contribution in [0, 0.1) is 13.8 Å². The van der Waals surface area contributed by atoms with Crippen molar-refractivity contribution in [2.24, 2.45) is 4.74 Å². The zero-order valence-corrected chi connectivity index (χ0v) is 32.2. The van der Waals surface area contributed by atoms with Gasteiger partial charge in [0, 0.05) is 33.1 Å². The second-order valence-corrected chi connectivity index (χ2v) is 17.2. The fourth-order valence-electron chi connectivity index (χ4n) is 7.80. The summed E-state index contributed by atoms with van der Waals surface area (Å²) in [5, 5.41) is 6.49. The van der Waals surface area contributed by atoms with Crippen LogP contribution in [0.25, 0.3) is 0 Å². The molecule has 7 heteroatoms. The van der Waals surface area contributed by atoms with E-state index in [0.29, 0.717) is 16.9 Å². The van der Waals surface area contributed by atoms with Crippen molar-refractivity contribution in [3.63, 3.8) is 0 Å². The van der Waals surface area contributed by atoms with Crippen LogP contribution in [0.15, 0.2) is 169 Å². The predicted octanol–water partition coefficient (Wildman–Crippen LogP) is 9.52. The maximum atomic E-state index is 15.2. The Morgan fingerprint density at radius 1 is 0.600 bits per heavy atom. The SMILES string of the molecule is Cc1cccc(C)c1N(C(=O)C(=O)c1ccccc1)C(C(=O)NC1CCCCC1)c1ccccc1N=P(c1ccccc1)(c1ccccc1)c1ccccc1. The molecule has 0 heterocycles. The van der Waals surface area contributed by atoms with E-state index in [9.17, 15) is 9.59 Å². The molecule has 7 rings (SSSR count). The largest absolute Gasteiger partial charge is 0.351 e. The average Bonchev–Trinajstić information content (AvgIpc) is 3.24. The highest BCUT2D eigenvalue weighted by Crippen LogP contribution is 2.51. The second-order valence-electron chi connectivity index (χ2n) is 14.2. The number of para-hydroxylation sites is 1. The van der Waals surface area contributed by atoms with Crippen LogP contribution in [-0.2, 0) is 9.59 Å². The molecule has 1 aliphatic carbocycles. The number of anilines is 1. The van der Waals surface area contributed by atoms with Gasteiger partial charge in [0.25, 0.3) is 11.7 Å². The molecule has 1 unspecified atom stereocenters. The molecule has 2 amide bonds. The maximum Gasteiger partial charge on any atom is 0.300 e. The van der Waals surface area contributed by atoms with Crippen LogP contribution in [-0.4, -0.2) is 23.6 Å². The van der Waals surface area contributed by atoms with E-state index in [0.717, 1.165) is 59.1 Å². The number of nitrogens with one attached hydrogen (secondary N) is 1. The van der Waals surface area contributed by atoms with Crippen LogP contribution in [0.3, 0.4) is 0 Å². The van der Waals surface area contributed by atoms with E-state index >= 15 is 4.79 Å². The molecule has 0 saturated heterocycles. The highest BCUT2D eigenvalue weighted by Gasteiger charge is 2.40. The van der Waals surface area contributed by atoms with Crippen molar-refractivity contribution >= 4 is 51.9 Å². The van der Waals surface area contributed by atoms with E-state index in [1.807, 2.05) is 117 Å². The number of hydrogen-bond acceptors (Lipinski definition) is 4. The summed E-state index contributed by atoms with van der Waals surface area (Å²) >= 11 is 0. The Labute approximate surface area is 324 Å². The second kappa shape index (κ2) is 17.1. The fraction of sp³-hybridized carbons (Fsp3) is 0.188. The number of nitrogens with zero attached hydrogens (tertiary/aromatic N) is 2. The van der Waals surface area contributed by atoms with E-state index in [4.69, 9.17) is 4.74 Å². The highest BCUT2D eigenvalue weighted by atomic mass is 31.2. The summed E-state index contributed by atoms with van der Waals surface area (Å²) < 4.78 is 5.84. The number of carbonyl (C=O) groups is 3. The van der Waals surface area contributed by atoms with Crippen molar-refractivity contribution in [3.8, 4) is 0 Å². The summed E-state index contributed by atoms with van der Waals surface area (Å²) in [5.41, 5.74) is 3.46. The standard InChI is InChI=1S/C48H46N3O3P/c1-35-21-20-22-36(2)44(35)51(48(54)46(52)37-23-8-3-9-24-37)45(47(53)49-38-25-10-4-11-26-38)42-33-18-19-34-43(42)50-55(39-27-12-5-13-28-39,40-29-14-6-15-30-40)41-31-16-7-17-32-41/h3,5-9,12-24,27-34,38,45H,4,10-11,25-26H2,1-2H3,(H,49,53). The molecule has 1 fully saturated rings. The first-order chi connectivity index (χ1) is 26.9. The lowest BCUT2D eigenvalue weighted by atomic mass is 9.93. The van der Waals surface area contributed by atoms with E-state index in [-0.39, 0.29) is 17.5 Å². The minimum absolute atomic E-state index is 0.0443. The molecule has 1 saturated carbocycles. The third kappa shape index (κ3) is 7.87. The number of hydrogen-bond donors (Lipinski definition) is 1. The van der Waals surface area contributed by atoms with Gasteiger partial charge in [0.15, 0.2) is 0 Å². The highest BCUT2D eigenvalue weighted by molar-refractivity contribution is 7.87. The Kier molecular flexibility index (Phi) is 11.6. The first-order valence-electron chi connectivity index (χ1n) is 19.1. The molecule has 276 valence electrons. The van der Waals surface area contributed by atoms with Crippen LogP contribution < -0.4 is 26.1 Å². The van der Waals surface area contributed by atoms with Crippen molar-refractivity contribution in [1.29, 1.82) is 0 Å². The van der Waals surface area contributed by atoms with Crippen LogP contribution in [0.1, 0.15) is 65.2 Å². The Balaban J connectivity index is 1.53. The summed E-state index contributed by atoms with van der Waals surface area (Å²) in [6.45, 7) is 3.83. The number of amides is 2. The van der Waals surface area contributed by atoms with Gasteiger partial charge in [-0.25, -0.2) is 0 Å². The molecule has 1 aliphatic rings. The van der Waals surface area contributed by atoms with Crippen LogP contribution in [0.5, 0.6) is 0 Å². The first-order valence-corrected chi connectivity index (χ1v) is 20.8. The minimum Gasteiger partial charge on any atom is -0.351 e. The Hall–Kier alpha value is -5.84. The van der Waals surface area contributed by atoms with Gasteiger partial charge in [-0.15, -0.1) is 0 Å². The number of aryl methyl sites for hydroxylation is 2. The lowest BCUT2D eigenvalue weighted by Gasteiger charge is -2.35. The van der Waals surface area contributed by atoms with E-state index in [1.165, 1.54) is 4.90 Å². The van der Waals surface area contributed by atoms with Gasteiger partial charge < -0.3 is 5.32 Å². The smallest absolute Gasteiger partial charge is 0.300 e. The summed E-state index contributed by atoms with van der Waals surface area (Å²) in [4.78, 5) is 45.9. The number of rotatable bonds is 11. The van der Waals surface area contributed by atoms with Crippen molar-refractivity contribution in [3.05, 3.63) is 186 Å². The predicted molar refractivity (Wildman–Crippen MR) is 226 cm³/mol. The number of Topliss-reactive ketones (excluding diaryl/α,β-unsaturated/α-hetero) is 1. The topological polar surface area (TPSA) is 78.8 Å². The fourth-order valence-corrected chi connectivity index (χ4v) is 11.4. The van der Waals surface area contributed by atoms with E-state index < -0.39 is 24.8 Å². The maximum absolute atomic E-state index is 15.2. The molecule has 0 spiro atoms. The lowest BCUT2D eigenvalue weighted by molar-refractivity contribution is -0.126. The zero-order valence-electron chi connectivity index (χ0n) is 31.3. The molecule has 0 aromatic heterocycles. The van der Waals surface area contributed by atoms with Gasteiger partial charge >= 0.3 is 0 Å². The monoisotopic (exact) mass is 743 g/mol. The lowest BCUT2D eigenvalue weighted by Crippen LogP contribution is -2.49. The molecule has 1 atom stereocenters. The summed E-state index contributed by atoms with van der Waals surface area (Å²) in [6, 6.07) is 51.7. The molecular weight excluding hydrogens is 698 g/mol. The third-order valence-corrected chi connectivity index (χ3v) is 14.1. The van der Waals surface area contributed by atoms with Gasteiger partial charge in [-0.1, -0.05) is 177 Å².